The first kappa shape index (κ1) is 22.0. The molecule has 4 atom stereocenters. The summed E-state index contributed by atoms with van der Waals surface area (Å²) in [7, 11) is 0. The molecule has 0 amide bonds. The normalized spacial score (nSPS) is 32.2. The predicted octanol–water partition coefficient (Wildman–Crippen LogP) is 5.08. The minimum atomic E-state index is -4.79. The molecule has 2 saturated heterocycles. The fourth-order valence-electron chi connectivity index (χ4n) is 5.56. The molecular weight excluding hydrogens is 431 g/mol. The van der Waals surface area contributed by atoms with E-state index < -0.39 is 28.9 Å². The van der Waals surface area contributed by atoms with E-state index in [1.54, 1.807) is 55.6 Å². The Bertz CT molecular complexity index is 1090. The van der Waals surface area contributed by atoms with Gasteiger partial charge in [-0.25, -0.2) is 0 Å². The zero-order valence-corrected chi connectivity index (χ0v) is 18.1. The molecule has 172 valence electrons. The third-order valence-electron chi connectivity index (χ3n) is 7.04. The van der Waals surface area contributed by atoms with Crippen LogP contribution in [0.25, 0.3) is 0 Å². The second-order valence-electron chi connectivity index (χ2n) is 8.64. The fourth-order valence-corrected chi connectivity index (χ4v) is 5.56. The highest BCUT2D eigenvalue weighted by Gasteiger charge is 2.87. The fraction of sp³-hybridized carbons (Fsp3) is 0.400. The van der Waals surface area contributed by atoms with Gasteiger partial charge in [-0.15, -0.1) is 0 Å². The first-order chi connectivity index (χ1) is 15.9. The molecule has 5 rings (SSSR count). The first-order valence-corrected chi connectivity index (χ1v) is 11.0. The van der Waals surface area contributed by atoms with Gasteiger partial charge in [0.15, 0.2) is 5.60 Å². The molecular formula is C25H24F3N3O2. The Morgan fingerprint density at radius 3 is 1.88 bits per heavy atom. The van der Waals surface area contributed by atoms with Crippen molar-refractivity contribution in [2.45, 2.75) is 55.1 Å². The van der Waals surface area contributed by atoms with Gasteiger partial charge < -0.3 is 9.47 Å². The van der Waals surface area contributed by atoms with Crippen molar-refractivity contribution in [3.8, 4) is 0 Å². The van der Waals surface area contributed by atoms with Crippen LogP contribution in [0.1, 0.15) is 43.3 Å². The van der Waals surface area contributed by atoms with Gasteiger partial charge in [0, 0.05) is 25.2 Å². The third kappa shape index (κ3) is 2.90. The highest BCUT2D eigenvalue weighted by atomic mass is 19.4. The maximum atomic E-state index is 15.2. The molecule has 0 spiro atoms. The molecule has 3 aromatic heterocycles. The van der Waals surface area contributed by atoms with Gasteiger partial charge in [0.05, 0.1) is 28.6 Å². The maximum absolute atomic E-state index is 15.2. The maximum Gasteiger partial charge on any atom is 0.424 e. The van der Waals surface area contributed by atoms with Gasteiger partial charge >= 0.3 is 6.18 Å². The molecule has 0 radical (unpaired) electrons. The van der Waals surface area contributed by atoms with Crippen molar-refractivity contribution in [3.63, 3.8) is 0 Å². The van der Waals surface area contributed by atoms with Crippen LogP contribution in [0.3, 0.4) is 0 Å². The highest BCUT2D eigenvalue weighted by molar-refractivity contribution is 5.46. The summed E-state index contributed by atoms with van der Waals surface area (Å²) in [5.74, 6) is 0. The van der Waals surface area contributed by atoms with Crippen molar-refractivity contribution >= 4 is 0 Å². The van der Waals surface area contributed by atoms with Gasteiger partial charge in [-0.05, 0) is 62.6 Å². The molecule has 5 nitrogen and oxygen atoms in total. The molecule has 0 aliphatic carbocycles. The van der Waals surface area contributed by atoms with E-state index in [0.29, 0.717) is 18.7 Å². The van der Waals surface area contributed by atoms with E-state index in [1.165, 1.54) is 24.5 Å². The Balaban J connectivity index is 1.84. The quantitative estimate of drug-likeness (QED) is 0.549. The number of aromatic nitrogens is 3. The second kappa shape index (κ2) is 7.88. The molecule has 2 fully saturated rings. The van der Waals surface area contributed by atoms with Gasteiger partial charge in [0.25, 0.3) is 0 Å². The Kier molecular flexibility index (Phi) is 5.25. The summed E-state index contributed by atoms with van der Waals surface area (Å²) in [6.07, 6.45) is 1.22. The molecule has 0 bridgehead atoms. The van der Waals surface area contributed by atoms with Gasteiger partial charge in [-0.3, -0.25) is 15.0 Å². The van der Waals surface area contributed by atoms with Crippen LogP contribution in [0.15, 0.2) is 73.2 Å². The topological polar surface area (TPSA) is 57.1 Å². The van der Waals surface area contributed by atoms with Crippen molar-refractivity contribution in [2.75, 3.05) is 6.61 Å². The minimum Gasteiger partial charge on any atom is -0.375 e. The molecule has 2 aliphatic heterocycles. The number of alkyl halides is 3. The molecule has 0 aromatic carbocycles. The van der Waals surface area contributed by atoms with Crippen LogP contribution >= 0.6 is 0 Å². The summed E-state index contributed by atoms with van der Waals surface area (Å²) in [6, 6.07) is 14.7. The van der Waals surface area contributed by atoms with E-state index in [4.69, 9.17) is 9.47 Å². The average Bonchev–Trinajstić information content (AvgIpc) is 2.85. The molecule has 4 unspecified atom stereocenters. The van der Waals surface area contributed by atoms with Crippen molar-refractivity contribution < 1.29 is 22.6 Å². The number of rotatable bonds is 4. The van der Waals surface area contributed by atoms with Crippen molar-refractivity contribution in [3.05, 3.63) is 90.3 Å². The summed E-state index contributed by atoms with van der Waals surface area (Å²) in [4.78, 5) is 13.1. The Hall–Kier alpha value is -2.84. The highest BCUT2D eigenvalue weighted by Crippen LogP contribution is 2.73. The lowest BCUT2D eigenvalue weighted by molar-refractivity contribution is -0.467. The zero-order chi connectivity index (χ0) is 23.2. The van der Waals surface area contributed by atoms with Crippen molar-refractivity contribution in [1.82, 2.24) is 15.0 Å². The van der Waals surface area contributed by atoms with Crippen LogP contribution < -0.4 is 0 Å². The van der Waals surface area contributed by atoms with E-state index in [2.05, 4.69) is 15.0 Å². The molecule has 0 saturated carbocycles. The Morgan fingerprint density at radius 2 is 1.39 bits per heavy atom. The monoisotopic (exact) mass is 455 g/mol. The van der Waals surface area contributed by atoms with E-state index in [9.17, 15) is 0 Å². The number of nitrogens with zero attached hydrogens (tertiary/aromatic N) is 3. The summed E-state index contributed by atoms with van der Waals surface area (Å²) in [5.41, 5.74) is -5.55. The lowest BCUT2D eigenvalue weighted by Crippen LogP contribution is -2.82. The lowest BCUT2D eigenvalue weighted by Gasteiger charge is -2.69. The van der Waals surface area contributed by atoms with Gasteiger partial charge in [-0.1, -0.05) is 18.2 Å². The summed E-state index contributed by atoms with van der Waals surface area (Å²) in [5, 5.41) is 0. The number of pyridine rings is 3. The predicted molar refractivity (Wildman–Crippen MR) is 114 cm³/mol. The standard InChI is InChI=1S/C25H24F3N3O2/c1-22(18-10-2-6-14-29-18)23(19-11-3-7-15-30-19,21-13-5-9-17-32-21)33-24(22,25(26,27)28)20-12-4-8-16-31-20/h2-4,6-8,10-12,14-16,21H,5,9,13,17H2,1H3. The Morgan fingerprint density at radius 1 is 0.818 bits per heavy atom. The van der Waals surface area contributed by atoms with Crippen LogP contribution in [0.5, 0.6) is 0 Å². The smallest absolute Gasteiger partial charge is 0.375 e. The second-order valence-corrected chi connectivity index (χ2v) is 8.64. The van der Waals surface area contributed by atoms with E-state index in [-0.39, 0.29) is 11.4 Å². The molecule has 5 heterocycles. The zero-order valence-electron chi connectivity index (χ0n) is 18.1. The largest absolute Gasteiger partial charge is 0.424 e. The first-order valence-electron chi connectivity index (χ1n) is 11.0. The minimum absolute atomic E-state index is 0.215. The molecule has 2 aliphatic rings. The SMILES string of the molecule is CC1(c2ccccn2)C(c2ccccn2)(C2CCCCO2)OC1(c1ccccn1)C(F)(F)F. The summed E-state index contributed by atoms with van der Waals surface area (Å²) in [6.45, 7) is 2.01. The molecule has 3 aromatic rings. The van der Waals surface area contributed by atoms with Crippen LogP contribution in [0.2, 0.25) is 0 Å². The number of hydrogen-bond acceptors (Lipinski definition) is 5. The molecule has 8 heteroatoms. The van der Waals surface area contributed by atoms with Gasteiger partial charge in [-0.2, -0.15) is 13.2 Å². The molecule has 33 heavy (non-hydrogen) atoms. The Labute approximate surface area is 190 Å². The summed E-state index contributed by atoms with van der Waals surface area (Å²) >= 11 is 0. The third-order valence-corrected chi connectivity index (χ3v) is 7.04. The number of halogens is 3. The van der Waals surface area contributed by atoms with Crippen molar-refractivity contribution in [1.29, 1.82) is 0 Å². The van der Waals surface area contributed by atoms with Crippen LogP contribution in [0.4, 0.5) is 13.2 Å². The van der Waals surface area contributed by atoms with Gasteiger partial charge in [0.1, 0.15) is 0 Å². The van der Waals surface area contributed by atoms with Gasteiger partial charge in [0.2, 0.25) is 5.60 Å². The van der Waals surface area contributed by atoms with Crippen LogP contribution in [-0.4, -0.2) is 33.8 Å². The van der Waals surface area contributed by atoms with E-state index in [1.807, 2.05) is 0 Å². The average molecular weight is 455 g/mol. The number of hydrogen-bond donors (Lipinski definition) is 0. The van der Waals surface area contributed by atoms with Crippen LogP contribution in [-0.2, 0) is 26.1 Å². The van der Waals surface area contributed by atoms with Crippen molar-refractivity contribution in [2.24, 2.45) is 0 Å². The van der Waals surface area contributed by atoms with E-state index in [0.717, 1.165) is 12.8 Å². The summed E-state index contributed by atoms with van der Waals surface area (Å²) < 4.78 is 57.9. The molecule has 0 N–H and O–H groups in total. The lowest BCUT2D eigenvalue weighted by atomic mass is 9.49. The van der Waals surface area contributed by atoms with E-state index >= 15 is 13.2 Å². The number of ether oxygens (including phenoxy) is 2. The van der Waals surface area contributed by atoms with Crippen LogP contribution in [0, 0.1) is 0 Å².